The fraction of sp³-hybridized carbons (Fsp3) is 0.571. The smallest absolute Gasteiger partial charge is 0.253 e. The molecule has 1 aliphatic rings. The second-order valence-electron chi connectivity index (χ2n) is 5.11. The van der Waals surface area contributed by atoms with Crippen molar-refractivity contribution in [3.63, 3.8) is 0 Å². The Hall–Kier alpha value is -1.62. The predicted octanol–water partition coefficient (Wildman–Crippen LogP) is 1.19. The molecule has 0 radical (unpaired) electrons. The van der Waals surface area contributed by atoms with Gasteiger partial charge in [0.05, 0.1) is 23.1 Å². The van der Waals surface area contributed by atoms with Crippen molar-refractivity contribution in [2.45, 2.75) is 32.7 Å². The minimum Gasteiger partial charge on any atom is -0.397 e. The zero-order valence-corrected chi connectivity index (χ0v) is 11.6. The van der Waals surface area contributed by atoms with Gasteiger partial charge in [-0.1, -0.05) is 6.92 Å². The van der Waals surface area contributed by atoms with E-state index >= 15 is 0 Å². The Balaban J connectivity index is 2.02. The molecule has 1 aromatic heterocycles. The Labute approximate surface area is 114 Å². The molecule has 1 saturated heterocycles. The second kappa shape index (κ2) is 6.02. The van der Waals surface area contributed by atoms with Gasteiger partial charge in [0.2, 0.25) is 0 Å². The minimum absolute atomic E-state index is 0.0692. The van der Waals surface area contributed by atoms with E-state index in [1.807, 2.05) is 6.92 Å². The quantitative estimate of drug-likeness (QED) is 0.858. The van der Waals surface area contributed by atoms with E-state index < -0.39 is 0 Å². The molecule has 2 heterocycles. The third-order valence-electron chi connectivity index (χ3n) is 3.64. The summed E-state index contributed by atoms with van der Waals surface area (Å²) in [6, 6.07) is 1.92. The normalized spacial score (nSPS) is 20.2. The molecular formula is C14H22N4O. The molecule has 0 bridgehead atoms. The van der Waals surface area contributed by atoms with E-state index in [2.05, 4.69) is 22.1 Å². The summed E-state index contributed by atoms with van der Waals surface area (Å²) in [6.07, 6.45) is 3.75. The molecule has 1 fully saturated rings. The first-order valence-electron chi connectivity index (χ1n) is 6.85. The zero-order chi connectivity index (χ0) is 13.8. The van der Waals surface area contributed by atoms with Crippen LogP contribution in [0, 0.1) is 6.92 Å². The first-order valence-corrected chi connectivity index (χ1v) is 6.85. The van der Waals surface area contributed by atoms with E-state index in [-0.39, 0.29) is 11.9 Å². The van der Waals surface area contributed by atoms with E-state index in [9.17, 15) is 4.79 Å². The molecule has 1 amide bonds. The van der Waals surface area contributed by atoms with E-state index in [4.69, 9.17) is 5.73 Å². The molecule has 0 aromatic carbocycles. The van der Waals surface area contributed by atoms with Gasteiger partial charge in [0.15, 0.2) is 0 Å². The monoisotopic (exact) mass is 262 g/mol. The molecule has 2 rings (SSSR count). The number of pyridine rings is 1. The van der Waals surface area contributed by atoms with Crippen LogP contribution in [0.3, 0.4) is 0 Å². The number of rotatable bonds is 3. The zero-order valence-electron chi connectivity index (χ0n) is 11.6. The maximum atomic E-state index is 12.3. The molecular weight excluding hydrogens is 240 g/mol. The molecule has 1 unspecified atom stereocenters. The number of hydrogen-bond acceptors (Lipinski definition) is 4. The molecule has 1 aliphatic heterocycles. The standard InChI is InChI=1S/C14H22N4O/c1-3-18-6-4-5-12(9-18)17-14(19)13-7-11(15)8-16-10(13)2/h7-8,12H,3-6,9,15H2,1-2H3,(H,17,19). The first kappa shape index (κ1) is 13.8. The van der Waals surface area contributed by atoms with Crippen LogP contribution in [-0.2, 0) is 0 Å². The molecule has 3 N–H and O–H groups in total. The molecule has 19 heavy (non-hydrogen) atoms. The van der Waals surface area contributed by atoms with Crippen molar-refractivity contribution < 1.29 is 4.79 Å². The van der Waals surface area contributed by atoms with Gasteiger partial charge in [-0.2, -0.15) is 0 Å². The van der Waals surface area contributed by atoms with E-state index in [0.717, 1.165) is 38.2 Å². The summed E-state index contributed by atoms with van der Waals surface area (Å²) in [5.74, 6) is -0.0692. The van der Waals surface area contributed by atoms with Gasteiger partial charge in [-0.25, -0.2) is 0 Å². The number of nitrogens with one attached hydrogen (secondary N) is 1. The van der Waals surface area contributed by atoms with Crippen molar-refractivity contribution >= 4 is 11.6 Å². The van der Waals surface area contributed by atoms with Crippen molar-refractivity contribution in [2.24, 2.45) is 0 Å². The number of amides is 1. The third kappa shape index (κ3) is 3.44. The number of piperidine rings is 1. The molecule has 1 atom stereocenters. The Morgan fingerprint density at radius 3 is 3.16 bits per heavy atom. The number of aromatic nitrogens is 1. The van der Waals surface area contributed by atoms with Crippen molar-refractivity contribution in [3.05, 3.63) is 23.5 Å². The fourth-order valence-electron chi connectivity index (χ4n) is 2.50. The summed E-state index contributed by atoms with van der Waals surface area (Å²) in [5, 5.41) is 3.09. The third-order valence-corrected chi connectivity index (χ3v) is 3.64. The number of nitrogens with two attached hydrogens (primary N) is 1. The number of anilines is 1. The van der Waals surface area contributed by atoms with E-state index in [1.54, 1.807) is 12.3 Å². The lowest BCUT2D eigenvalue weighted by atomic mass is 10.0. The van der Waals surface area contributed by atoms with Crippen LogP contribution in [0.4, 0.5) is 5.69 Å². The van der Waals surface area contributed by atoms with E-state index in [0.29, 0.717) is 11.3 Å². The van der Waals surface area contributed by atoms with Crippen LogP contribution in [0.25, 0.3) is 0 Å². The van der Waals surface area contributed by atoms with Crippen LogP contribution in [0.1, 0.15) is 35.8 Å². The lowest BCUT2D eigenvalue weighted by molar-refractivity contribution is 0.0905. The van der Waals surface area contributed by atoms with Crippen LogP contribution in [0.2, 0.25) is 0 Å². The SMILES string of the molecule is CCN1CCCC(NC(=O)c2cc(N)cnc2C)C1. The summed E-state index contributed by atoms with van der Waals surface area (Å²) in [5.41, 5.74) is 7.51. The predicted molar refractivity (Wildman–Crippen MR) is 76.0 cm³/mol. The van der Waals surface area contributed by atoms with Crippen LogP contribution >= 0.6 is 0 Å². The lowest BCUT2D eigenvalue weighted by Gasteiger charge is -2.32. The average molecular weight is 262 g/mol. The van der Waals surface area contributed by atoms with Crippen LogP contribution < -0.4 is 11.1 Å². The maximum Gasteiger partial charge on any atom is 0.253 e. The molecule has 5 nitrogen and oxygen atoms in total. The van der Waals surface area contributed by atoms with E-state index in [1.165, 1.54) is 0 Å². The Morgan fingerprint density at radius 1 is 1.63 bits per heavy atom. The second-order valence-corrected chi connectivity index (χ2v) is 5.11. The number of nitrogen functional groups attached to an aromatic ring is 1. The highest BCUT2D eigenvalue weighted by atomic mass is 16.1. The molecule has 104 valence electrons. The number of hydrogen-bond donors (Lipinski definition) is 2. The lowest BCUT2D eigenvalue weighted by Crippen LogP contribution is -2.47. The number of likely N-dealkylation sites (N-methyl/N-ethyl adjacent to an activating group) is 1. The topological polar surface area (TPSA) is 71.2 Å². The highest BCUT2D eigenvalue weighted by Crippen LogP contribution is 2.13. The molecule has 0 spiro atoms. The van der Waals surface area contributed by atoms with Crippen molar-refractivity contribution in [1.82, 2.24) is 15.2 Å². The highest BCUT2D eigenvalue weighted by molar-refractivity contribution is 5.96. The summed E-state index contributed by atoms with van der Waals surface area (Å²) in [7, 11) is 0. The summed E-state index contributed by atoms with van der Waals surface area (Å²) < 4.78 is 0. The number of likely N-dealkylation sites (tertiary alicyclic amines) is 1. The van der Waals surface area contributed by atoms with Gasteiger partial charge in [-0.05, 0) is 38.9 Å². The van der Waals surface area contributed by atoms with Gasteiger partial charge in [-0.3, -0.25) is 9.78 Å². The van der Waals surface area contributed by atoms with Gasteiger partial charge in [0.1, 0.15) is 0 Å². The molecule has 0 saturated carbocycles. The highest BCUT2D eigenvalue weighted by Gasteiger charge is 2.21. The molecule has 0 aliphatic carbocycles. The van der Waals surface area contributed by atoms with Crippen molar-refractivity contribution in [3.8, 4) is 0 Å². The van der Waals surface area contributed by atoms with Gasteiger partial charge >= 0.3 is 0 Å². The summed E-state index contributed by atoms with van der Waals surface area (Å²) in [6.45, 7) is 7.06. The molecule has 5 heteroatoms. The van der Waals surface area contributed by atoms with Crippen LogP contribution in [-0.4, -0.2) is 41.5 Å². The first-order chi connectivity index (χ1) is 9.10. The Morgan fingerprint density at radius 2 is 2.42 bits per heavy atom. The minimum atomic E-state index is -0.0692. The van der Waals surface area contributed by atoms with Gasteiger partial charge in [0.25, 0.3) is 5.91 Å². The van der Waals surface area contributed by atoms with Crippen LogP contribution in [0.15, 0.2) is 12.3 Å². The van der Waals surface area contributed by atoms with Crippen molar-refractivity contribution in [2.75, 3.05) is 25.4 Å². The number of aryl methyl sites for hydroxylation is 1. The maximum absolute atomic E-state index is 12.3. The number of carbonyl (C=O) groups excluding carboxylic acids is 1. The van der Waals surface area contributed by atoms with Crippen molar-refractivity contribution in [1.29, 1.82) is 0 Å². The Kier molecular flexibility index (Phi) is 4.37. The summed E-state index contributed by atoms with van der Waals surface area (Å²) in [4.78, 5) is 18.7. The largest absolute Gasteiger partial charge is 0.397 e. The van der Waals surface area contributed by atoms with Gasteiger partial charge < -0.3 is 16.0 Å². The number of nitrogens with zero attached hydrogens (tertiary/aromatic N) is 2. The summed E-state index contributed by atoms with van der Waals surface area (Å²) >= 11 is 0. The average Bonchev–Trinajstić information content (AvgIpc) is 2.41. The van der Waals surface area contributed by atoms with Gasteiger partial charge in [-0.15, -0.1) is 0 Å². The molecule has 1 aromatic rings. The number of carbonyl (C=O) groups is 1. The fourth-order valence-corrected chi connectivity index (χ4v) is 2.50. The van der Waals surface area contributed by atoms with Gasteiger partial charge in [0, 0.05) is 12.6 Å². The Bertz CT molecular complexity index is 461. The van der Waals surface area contributed by atoms with Crippen LogP contribution in [0.5, 0.6) is 0 Å².